The van der Waals surface area contributed by atoms with Gasteiger partial charge in [0, 0.05) is 51.9 Å². The van der Waals surface area contributed by atoms with E-state index in [1.165, 1.54) is 0 Å². The Morgan fingerprint density at radius 1 is 1.40 bits per heavy atom. The number of nitriles is 1. The zero-order chi connectivity index (χ0) is 17.8. The molecule has 2 fully saturated rings. The largest absolute Gasteiger partial charge is 0.352 e. The van der Waals surface area contributed by atoms with Gasteiger partial charge in [0.25, 0.3) is 0 Å². The number of pyridine rings is 1. The van der Waals surface area contributed by atoms with Crippen LogP contribution in [-0.4, -0.2) is 65.9 Å². The van der Waals surface area contributed by atoms with Crippen LogP contribution in [0.1, 0.15) is 12.0 Å². The van der Waals surface area contributed by atoms with Crippen molar-refractivity contribution in [3.63, 3.8) is 0 Å². The highest BCUT2D eigenvalue weighted by Gasteiger charge is 2.36. The third kappa shape index (κ3) is 3.48. The Labute approximate surface area is 147 Å². The van der Waals surface area contributed by atoms with Gasteiger partial charge in [-0.2, -0.15) is 5.26 Å². The molecule has 0 radical (unpaired) electrons. The molecular formula is C18H21N5O2. The Morgan fingerprint density at radius 3 is 2.84 bits per heavy atom. The highest BCUT2D eigenvalue weighted by molar-refractivity contribution is 5.89. The fraction of sp³-hybridized carbons (Fsp3) is 0.444. The molecule has 0 N–H and O–H groups in total. The van der Waals surface area contributed by atoms with Crippen LogP contribution in [0.2, 0.25) is 0 Å². The maximum atomic E-state index is 12.7. The van der Waals surface area contributed by atoms with Gasteiger partial charge < -0.3 is 14.7 Å². The fourth-order valence-electron chi connectivity index (χ4n) is 3.40. The summed E-state index contributed by atoms with van der Waals surface area (Å²) < 4.78 is 0. The molecule has 2 saturated heterocycles. The molecule has 0 bridgehead atoms. The van der Waals surface area contributed by atoms with E-state index in [1.807, 2.05) is 9.80 Å². The van der Waals surface area contributed by atoms with Crippen LogP contribution in [0.3, 0.4) is 0 Å². The van der Waals surface area contributed by atoms with Gasteiger partial charge in [0.15, 0.2) is 0 Å². The second-order valence-electron chi connectivity index (χ2n) is 6.29. The van der Waals surface area contributed by atoms with Gasteiger partial charge in [-0.15, -0.1) is 6.58 Å². The topological polar surface area (TPSA) is 80.5 Å². The van der Waals surface area contributed by atoms with Gasteiger partial charge in [0.2, 0.25) is 11.8 Å². The fourth-order valence-corrected chi connectivity index (χ4v) is 3.40. The van der Waals surface area contributed by atoms with Crippen LogP contribution in [0.15, 0.2) is 31.0 Å². The summed E-state index contributed by atoms with van der Waals surface area (Å²) in [6.45, 7) is 7.03. The van der Waals surface area contributed by atoms with E-state index in [0.717, 1.165) is 0 Å². The van der Waals surface area contributed by atoms with E-state index in [4.69, 9.17) is 0 Å². The molecule has 130 valence electrons. The standard InChI is InChI=1S/C18H21N5O2/c1-2-6-23-13-15(11-16(23)24)18(25)22-9-7-21(8-10-22)17-14(12-19)4-3-5-20-17/h2-5,15H,1,6-11,13H2. The highest BCUT2D eigenvalue weighted by atomic mass is 16.2. The van der Waals surface area contributed by atoms with Crippen LogP contribution >= 0.6 is 0 Å². The number of hydrogen-bond donors (Lipinski definition) is 0. The molecule has 0 aliphatic carbocycles. The van der Waals surface area contributed by atoms with E-state index in [0.29, 0.717) is 50.6 Å². The predicted octanol–water partition coefficient (Wildman–Crippen LogP) is 0.636. The van der Waals surface area contributed by atoms with E-state index >= 15 is 0 Å². The first-order valence-corrected chi connectivity index (χ1v) is 8.41. The first-order chi connectivity index (χ1) is 12.1. The number of nitrogens with zero attached hydrogens (tertiary/aromatic N) is 5. The second-order valence-corrected chi connectivity index (χ2v) is 6.29. The van der Waals surface area contributed by atoms with Crippen LogP contribution < -0.4 is 4.90 Å². The van der Waals surface area contributed by atoms with E-state index in [-0.39, 0.29) is 24.2 Å². The molecular weight excluding hydrogens is 318 g/mol. The van der Waals surface area contributed by atoms with Gasteiger partial charge in [0.1, 0.15) is 11.9 Å². The average Bonchev–Trinajstić information content (AvgIpc) is 3.02. The van der Waals surface area contributed by atoms with Crippen molar-refractivity contribution >= 4 is 17.6 Å². The Bertz CT molecular complexity index is 718. The smallest absolute Gasteiger partial charge is 0.228 e. The lowest BCUT2D eigenvalue weighted by Gasteiger charge is -2.36. The van der Waals surface area contributed by atoms with Crippen LogP contribution in [0.5, 0.6) is 0 Å². The van der Waals surface area contributed by atoms with Gasteiger partial charge in [0.05, 0.1) is 11.5 Å². The lowest BCUT2D eigenvalue weighted by atomic mass is 10.1. The number of likely N-dealkylation sites (tertiary alicyclic amines) is 1. The minimum absolute atomic E-state index is 0.0176. The van der Waals surface area contributed by atoms with E-state index in [1.54, 1.807) is 29.3 Å². The molecule has 1 atom stereocenters. The maximum absolute atomic E-state index is 12.7. The van der Waals surface area contributed by atoms with Crippen molar-refractivity contribution in [2.75, 3.05) is 44.2 Å². The number of piperazine rings is 1. The normalized spacial score (nSPS) is 20.5. The van der Waals surface area contributed by atoms with Crippen molar-refractivity contribution in [1.29, 1.82) is 5.26 Å². The van der Waals surface area contributed by atoms with Crippen LogP contribution in [0.4, 0.5) is 5.82 Å². The van der Waals surface area contributed by atoms with Gasteiger partial charge in [-0.1, -0.05) is 6.08 Å². The van der Waals surface area contributed by atoms with Crippen molar-refractivity contribution in [1.82, 2.24) is 14.8 Å². The van der Waals surface area contributed by atoms with Gasteiger partial charge in [-0.05, 0) is 12.1 Å². The summed E-state index contributed by atoms with van der Waals surface area (Å²) in [6, 6.07) is 5.65. The SMILES string of the molecule is C=CCN1CC(C(=O)N2CCN(c3ncccc3C#N)CC2)CC1=O. The summed E-state index contributed by atoms with van der Waals surface area (Å²) in [6.07, 6.45) is 3.64. The third-order valence-electron chi connectivity index (χ3n) is 4.71. The summed E-state index contributed by atoms with van der Waals surface area (Å²) >= 11 is 0. The van der Waals surface area contributed by atoms with E-state index < -0.39 is 0 Å². The Morgan fingerprint density at radius 2 is 2.16 bits per heavy atom. The van der Waals surface area contributed by atoms with Gasteiger partial charge in [-0.25, -0.2) is 4.98 Å². The van der Waals surface area contributed by atoms with Crippen LogP contribution in [0, 0.1) is 17.2 Å². The molecule has 2 amide bonds. The van der Waals surface area contributed by atoms with E-state index in [9.17, 15) is 14.9 Å². The monoisotopic (exact) mass is 339 g/mol. The molecule has 0 saturated carbocycles. The molecule has 0 aromatic carbocycles. The number of anilines is 1. The molecule has 7 heteroatoms. The number of amides is 2. The Balaban J connectivity index is 1.59. The second kappa shape index (κ2) is 7.34. The molecule has 0 spiro atoms. The first kappa shape index (κ1) is 17.0. The highest BCUT2D eigenvalue weighted by Crippen LogP contribution is 2.22. The number of aromatic nitrogens is 1. The van der Waals surface area contributed by atoms with Crippen molar-refractivity contribution in [2.45, 2.75) is 6.42 Å². The molecule has 1 aromatic rings. The third-order valence-corrected chi connectivity index (χ3v) is 4.71. The van der Waals surface area contributed by atoms with Crippen molar-refractivity contribution in [2.24, 2.45) is 5.92 Å². The van der Waals surface area contributed by atoms with Gasteiger partial charge in [-0.3, -0.25) is 9.59 Å². The molecule has 2 aliphatic rings. The molecule has 7 nitrogen and oxygen atoms in total. The lowest BCUT2D eigenvalue weighted by Crippen LogP contribution is -2.51. The van der Waals surface area contributed by atoms with Crippen molar-refractivity contribution < 1.29 is 9.59 Å². The summed E-state index contributed by atoms with van der Waals surface area (Å²) in [5.41, 5.74) is 0.545. The minimum Gasteiger partial charge on any atom is -0.352 e. The minimum atomic E-state index is -0.261. The molecule has 3 heterocycles. The summed E-state index contributed by atoms with van der Waals surface area (Å²) in [5.74, 6) is 0.471. The zero-order valence-corrected chi connectivity index (χ0v) is 14.1. The average molecular weight is 339 g/mol. The summed E-state index contributed by atoms with van der Waals surface area (Å²) in [5, 5.41) is 9.20. The van der Waals surface area contributed by atoms with Crippen molar-refractivity contribution in [3.8, 4) is 6.07 Å². The Kier molecular flexibility index (Phi) is 4.98. The number of rotatable bonds is 4. The number of carbonyl (C=O) groups is 2. The lowest BCUT2D eigenvalue weighted by molar-refractivity contribution is -0.136. The molecule has 2 aliphatic heterocycles. The summed E-state index contributed by atoms with van der Waals surface area (Å²) in [4.78, 5) is 34.5. The maximum Gasteiger partial charge on any atom is 0.228 e. The molecule has 3 rings (SSSR count). The quantitative estimate of drug-likeness (QED) is 0.752. The number of carbonyl (C=O) groups excluding carboxylic acids is 2. The molecule has 1 aromatic heterocycles. The van der Waals surface area contributed by atoms with E-state index in [2.05, 4.69) is 17.6 Å². The van der Waals surface area contributed by atoms with Gasteiger partial charge >= 0.3 is 0 Å². The zero-order valence-electron chi connectivity index (χ0n) is 14.1. The van der Waals surface area contributed by atoms with Crippen LogP contribution in [-0.2, 0) is 9.59 Å². The molecule has 1 unspecified atom stereocenters. The van der Waals surface area contributed by atoms with Crippen molar-refractivity contribution in [3.05, 3.63) is 36.5 Å². The first-order valence-electron chi connectivity index (χ1n) is 8.41. The molecule has 25 heavy (non-hydrogen) atoms. The Hall–Kier alpha value is -2.88. The van der Waals surface area contributed by atoms with Crippen LogP contribution in [0.25, 0.3) is 0 Å². The number of hydrogen-bond acceptors (Lipinski definition) is 5. The summed E-state index contributed by atoms with van der Waals surface area (Å²) in [7, 11) is 0. The predicted molar refractivity (Wildman–Crippen MR) is 92.6 cm³/mol.